The van der Waals surface area contributed by atoms with Crippen molar-refractivity contribution >= 4 is 46.5 Å². The number of likely N-dealkylation sites (N-methyl/N-ethyl adjacent to an activating group) is 2. The summed E-state index contributed by atoms with van der Waals surface area (Å²) in [6.07, 6.45) is 5.08. The molecule has 1 amide bonds. The van der Waals surface area contributed by atoms with Gasteiger partial charge in [0.05, 0.1) is 28.7 Å². The molecule has 19 heteroatoms. The number of carbonyl (C=O) groups excluding carboxylic acids is 2. The fraction of sp³-hybridized carbons (Fsp3) is 0.429. The van der Waals surface area contributed by atoms with Crippen LogP contribution in [0.2, 0.25) is 0 Å². The molecule has 3 N–H and O–H groups in total. The van der Waals surface area contributed by atoms with E-state index in [1.54, 1.807) is 23.5 Å². The Kier molecular flexibility index (Phi) is 14.2. The molecule has 68 heavy (non-hydrogen) atoms. The number of amides is 1. The van der Waals surface area contributed by atoms with Crippen LogP contribution in [0.25, 0.3) is 22.8 Å². The van der Waals surface area contributed by atoms with Crippen LogP contribution in [0, 0.1) is 0 Å². The molecule has 0 unspecified atom stereocenters. The molecular formula is C49H60KN15O3. The van der Waals surface area contributed by atoms with Crippen molar-refractivity contribution < 1.29 is 66.1 Å². The van der Waals surface area contributed by atoms with Crippen molar-refractivity contribution in [3.63, 3.8) is 0 Å². The number of nitrogens with zero attached hydrogens (tertiary/aromatic N) is 12. The van der Waals surface area contributed by atoms with Crippen molar-refractivity contribution in [3.8, 4) is 22.8 Å². The van der Waals surface area contributed by atoms with E-state index in [1.807, 2.05) is 45.4 Å². The topological polar surface area (TPSA) is 193 Å². The second-order valence-electron chi connectivity index (χ2n) is 19.4. The predicted molar refractivity (Wildman–Crippen MR) is 259 cm³/mol. The minimum absolute atomic E-state index is 0. The van der Waals surface area contributed by atoms with Gasteiger partial charge in [0.25, 0.3) is 5.91 Å². The number of benzene rings is 2. The minimum Gasteiger partial charge on any atom is -0.543 e. The van der Waals surface area contributed by atoms with E-state index in [0.29, 0.717) is 41.0 Å². The zero-order chi connectivity index (χ0) is 47.4. The second-order valence-corrected chi connectivity index (χ2v) is 19.4. The van der Waals surface area contributed by atoms with Crippen LogP contribution in [0.15, 0.2) is 60.9 Å². The fourth-order valence-electron chi connectivity index (χ4n) is 9.92. The van der Waals surface area contributed by atoms with Crippen molar-refractivity contribution in [3.05, 3.63) is 94.6 Å². The van der Waals surface area contributed by atoms with Crippen LogP contribution in [-0.4, -0.2) is 135 Å². The number of aryl methyl sites for hydroxylation is 2. The maximum absolute atomic E-state index is 12.5. The summed E-state index contributed by atoms with van der Waals surface area (Å²) in [6, 6.07) is 16.7. The molecule has 4 aromatic heterocycles. The summed E-state index contributed by atoms with van der Waals surface area (Å²) in [5, 5.41) is 29.8. The van der Waals surface area contributed by atoms with Crippen LogP contribution in [0.1, 0.15) is 70.9 Å². The Labute approximate surface area is 440 Å². The molecule has 0 saturated carbocycles. The van der Waals surface area contributed by atoms with Gasteiger partial charge in [0, 0.05) is 120 Å². The van der Waals surface area contributed by atoms with Crippen LogP contribution in [0.3, 0.4) is 0 Å². The Morgan fingerprint density at radius 1 is 0.588 bits per heavy atom. The number of anilines is 6. The van der Waals surface area contributed by atoms with Gasteiger partial charge < -0.3 is 45.5 Å². The van der Waals surface area contributed by atoms with E-state index in [1.165, 1.54) is 11.4 Å². The first-order valence-corrected chi connectivity index (χ1v) is 22.9. The Morgan fingerprint density at radius 2 is 0.971 bits per heavy atom. The molecule has 2 aliphatic carbocycles. The van der Waals surface area contributed by atoms with Gasteiger partial charge in [0.2, 0.25) is 11.9 Å². The van der Waals surface area contributed by atoms with Gasteiger partial charge in [-0.2, -0.15) is 10.2 Å². The van der Waals surface area contributed by atoms with E-state index in [0.717, 1.165) is 98.2 Å². The minimum atomic E-state index is -1.27. The van der Waals surface area contributed by atoms with Gasteiger partial charge in [-0.05, 0) is 97.4 Å². The van der Waals surface area contributed by atoms with Crippen molar-refractivity contribution in [2.24, 2.45) is 14.1 Å². The third-order valence-corrected chi connectivity index (χ3v) is 13.5. The first kappa shape index (κ1) is 49.1. The smallest absolute Gasteiger partial charge is 0.543 e. The maximum Gasteiger partial charge on any atom is 1.00 e. The van der Waals surface area contributed by atoms with E-state index in [9.17, 15) is 14.7 Å². The number of nitrogens with one attached hydrogen (secondary N) is 3. The monoisotopic (exact) mass is 945 g/mol. The summed E-state index contributed by atoms with van der Waals surface area (Å²) in [7, 11) is 9.55. The quantitative estimate of drug-likeness (QED) is 0.184. The Balaban J connectivity index is 0.000000181. The molecular weight excluding hydrogens is 886 g/mol. The van der Waals surface area contributed by atoms with Gasteiger partial charge in [0.15, 0.2) is 5.69 Å². The van der Waals surface area contributed by atoms with Crippen molar-refractivity contribution in [1.29, 1.82) is 0 Å². The van der Waals surface area contributed by atoms with Crippen molar-refractivity contribution in [2.45, 2.75) is 51.4 Å². The number of carbonyl (C=O) groups is 2. The number of piperazine rings is 2. The standard InChI is InChI=1S/C25H32N8O.C24H29N7O2.K/c1-25(2)14-16-15-27-24(29-20(16)22-19(25)21(23(34)26-3)30-32(22)5)28-17-6-8-18(9-7-17)33-12-10-31(4)11-13-33;1-24(2)13-15-14-25-23(27-19(15)21-18(24)20(22(32)33)28-30(21)4)26-16-5-7-17(8-6-16)31-11-9-29(3)10-12-31;/h6-9,15H,10-14H2,1-5H3,(H,26,34)(H,27,28,29);5-8,14H,9-13H2,1-4H3,(H,32,33)(H,25,26,27);/q;;+1/p-1. The first-order chi connectivity index (χ1) is 32.0. The first-order valence-electron chi connectivity index (χ1n) is 22.9. The Hall–Kier alpha value is -5.28. The third kappa shape index (κ3) is 9.79. The SMILES string of the molecule is CN1CCN(c2ccc(Nc3ncc4c(n3)-c3c(c(C(=O)[O-])nn3C)C(C)(C)C4)cc2)CC1.CNC(=O)c1nn(C)c2c1C(C)(C)Cc1cnc(Nc3ccc(N4CCN(C)CC4)cc3)nc1-2.[K+]. The van der Waals surface area contributed by atoms with Gasteiger partial charge in [-0.3, -0.25) is 14.2 Å². The summed E-state index contributed by atoms with van der Waals surface area (Å²) in [5.74, 6) is -0.458. The van der Waals surface area contributed by atoms with Crippen LogP contribution in [-0.2, 0) is 37.8 Å². The Morgan fingerprint density at radius 3 is 1.35 bits per heavy atom. The summed E-state index contributed by atoms with van der Waals surface area (Å²) in [6.45, 7) is 16.7. The zero-order valence-corrected chi connectivity index (χ0v) is 44.1. The van der Waals surface area contributed by atoms with Gasteiger partial charge >= 0.3 is 51.4 Å². The van der Waals surface area contributed by atoms with E-state index < -0.39 is 11.4 Å². The van der Waals surface area contributed by atoms with Gasteiger partial charge in [-0.1, -0.05) is 27.7 Å². The molecule has 0 radical (unpaired) electrons. The molecule has 2 fully saturated rings. The number of aromatic nitrogens is 8. The van der Waals surface area contributed by atoms with Gasteiger partial charge in [0.1, 0.15) is 5.69 Å². The molecule has 0 bridgehead atoms. The zero-order valence-electron chi connectivity index (χ0n) is 40.9. The van der Waals surface area contributed by atoms with Gasteiger partial charge in [-0.15, -0.1) is 0 Å². The largest absolute Gasteiger partial charge is 1.00 e. The number of carboxylic acids is 1. The third-order valence-electron chi connectivity index (χ3n) is 13.5. The Bertz CT molecular complexity index is 2820. The molecule has 2 aromatic carbocycles. The molecule has 6 heterocycles. The summed E-state index contributed by atoms with van der Waals surface area (Å²) in [5.41, 5.74) is 10.8. The maximum atomic E-state index is 12.5. The normalized spacial score (nSPS) is 17.0. The van der Waals surface area contributed by atoms with Crippen LogP contribution >= 0.6 is 0 Å². The molecule has 0 atom stereocenters. The molecule has 6 aromatic rings. The second kappa shape index (κ2) is 19.6. The van der Waals surface area contributed by atoms with Crippen molar-refractivity contribution in [2.75, 3.05) is 93.9 Å². The van der Waals surface area contributed by atoms with E-state index in [4.69, 9.17) is 9.97 Å². The molecule has 350 valence electrons. The predicted octanol–water partition coefficient (Wildman–Crippen LogP) is 1.14. The number of hydrogen-bond donors (Lipinski definition) is 3. The fourth-order valence-corrected chi connectivity index (χ4v) is 9.92. The summed E-state index contributed by atoms with van der Waals surface area (Å²) in [4.78, 5) is 52.5. The summed E-state index contributed by atoms with van der Waals surface area (Å²) >= 11 is 0. The molecule has 10 rings (SSSR count). The van der Waals surface area contributed by atoms with Crippen LogP contribution in [0.4, 0.5) is 34.6 Å². The van der Waals surface area contributed by atoms with Gasteiger partial charge in [-0.25, -0.2) is 19.9 Å². The number of carboxylic acid groups (broad SMARTS) is 1. The van der Waals surface area contributed by atoms with E-state index in [2.05, 4.69) is 120 Å². The molecule has 4 aliphatic rings. The van der Waals surface area contributed by atoms with Crippen LogP contribution < -0.4 is 82.2 Å². The molecule has 18 nitrogen and oxygen atoms in total. The molecule has 2 saturated heterocycles. The number of fused-ring (bicyclic) bond motifs is 6. The average molecular weight is 946 g/mol. The van der Waals surface area contributed by atoms with E-state index >= 15 is 0 Å². The van der Waals surface area contributed by atoms with Crippen molar-refractivity contribution in [1.82, 2.24) is 54.6 Å². The average Bonchev–Trinajstić information content (AvgIpc) is 3.87. The molecule has 0 spiro atoms. The number of aromatic carboxylic acids is 1. The number of rotatable bonds is 8. The van der Waals surface area contributed by atoms with Crippen LogP contribution in [0.5, 0.6) is 0 Å². The number of hydrogen-bond acceptors (Lipinski definition) is 15. The molecule has 2 aliphatic heterocycles. The van der Waals surface area contributed by atoms with E-state index in [-0.39, 0.29) is 68.4 Å². The summed E-state index contributed by atoms with van der Waals surface area (Å²) < 4.78 is 3.35.